The van der Waals surface area contributed by atoms with Crippen molar-refractivity contribution < 1.29 is 9.31 Å². The van der Waals surface area contributed by atoms with Gasteiger partial charge in [0.05, 0.1) is 21.3 Å². The summed E-state index contributed by atoms with van der Waals surface area (Å²) >= 11 is 9.16. The Hall–Kier alpha value is -0.165. The maximum absolute atomic E-state index is 5.88. The first-order valence-corrected chi connectivity index (χ1v) is 6.43. The molecule has 0 spiro atoms. The maximum atomic E-state index is 5.88. The molecule has 2 rings (SSSR count). The van der Waals surface area contributed by atoms with Crippen molar-refractivity contribution in [3.8, 4) is 0 Å². The summed E-state index contributed by atoms with van der Waals surface area (Å²) in [5, 5.41) is 0.179. The molecule has 0 saturated carbocycles. The van der Waals surface area contributed by atoms with Crippen LogP contribution in [0.1, 0.15) is 27.7 Å². The molecule has 1 aliphatic heterocycles. The van der Waals surface area contributed by atoms with Crippen molar-refractivity contribution in [3.05, 3.63) is 16.0 Å². The molecule has 0 aromatic carbocycles. The SMILES string of the molecule is CC1(C)OB(c2nc(Cl)ncc2Br)OC1(C)C. The van der Waals surface area contributed by atoms with E-state index >= 15 is 0 Å². The molecule has 92 valence electrons. The van der Waals surface area contributed by atoms with Crippen molar-refractivity contribution in [2.45, 2.75) is 38.9 Å². The molecule has 4 nitrogen and oxygen atoms in total. The number of aromatic nitrogens is 2. The number of halogens is 2. The zero-order valence-electron chi connectivity index (χ0n) is 10.1. The van der Waals surface area contributed by atoms with Crippen molar-refractivity contribution in [1.29, 1.82) is 0 Å². The Morgan fingerprint density at radius 2 is 1.76 bits per heavy atom. The van der Waals surface area contributed by atoms with Crippen LogP contribution in [0.2, 0.25) is 5.28 Å². The van der Waals surface area contributed by atoms with E-state index in [4.69, 9.17) is 20.9 Å². The third-order valence-electron chi connectivity index (χ3n) is 3.22. The smallest absolute Gasteiger partial charge is 0.398 e. The fourth-order valence-corrected chi connectivity index (χ4v) is 2.00. The molecule has 0 radical (unpaired) electrons. The first-order valence-electron chi connectivity index (χ1n) is 5.26. The summed E-state index contributed by atoms with van der Waals surface area (Å²) in [6.07, 6.45) is 1.59. The molecule has 1 aromatic rings. The van der Waals surface area contributed by atoms with Crippen LogP contribution in [0, 0.1) is 0 Å². The molecule has 0 unspecified atom stereocenters. The highest BCUT2D eigenvalue weighted by Gasteiger charge is 2.53. The van der Waals surface area contributed by atoms with E-state index in [1.807, 2.05) is 27.7 Å². The topological polar surface area (TPSA) is 44.2 Å². The lowest BCUT2D eigenvalue weighted by molar-refractivity contribution is 0.00578. The summed E-state index contributed by atoms with van der Waals surface area (Å²) in [4.78, 5) is 8.02. The second-order valence-corrected chi connectivity index (χ2v) is 6.15. The number of nitrogens with zero attached hydrogens (tertiary/aromatic N) is 2. The Balaban J connectivity index is 2.35. The van der Waals surface area contributed by atoms with E-state index in [1.54, 1.807) is 6.20 Å². The van der Waals surface area contributed by atoms with Gasteiger partial charge in [-0.25, -0.2) is 9.97 Å². The lowest BCUT2D eigenvalue weighted by Gasteiger charge is -2.32. The zero-order chi connectivity index (χ0) is 12.8. The predicted octanol–water partition coefficient (Wildman–Crippen LogP) is 2.19. The first-order chi connectivity index (χ1) is 7.73. The summed E-state index contributed by atoms with van der Waals surface area (Å²) in [6, 6.07) is 0. The van der Waals surface area contributed by atoms with Gasteiger partial charge in [0.25, 0.3) is 0 Å². The van der Waals surface area contributed by atoms with Gasteiger partial charge in [0.2, 0.25) is 5.28 Å². The molecule has 1 aromatic heterocycles. The third kappa shape index (κ3) is 2.36. The van der Waals surface area contributed by atoms with Gasteiger partial charge in [0, 0.05) is 6.20 Å². The van der Waals surface area contributed by atoms with E-state index in [9.17, 15) is 0 Å². The number of rotatable bonds is 1. The van der Waals surface area contributed by atoms with Crippen LogP contribution in [0.3, 0.4) is 0 Å². The Morgan fingerprint density at radius 3 is 2.29 bits per heavy atom. The summed E-state index contributed by atoms with van der Waals surface area (Å²) in [5.41, 5.74) is -0.174. The normalized spacial score (nSPS) is 21.9. The molecule has 0 bridgehead atoms. The van der Waals surface area contributed by atoms with Crippen LogP contribution in [0.25, 0.3) is 0 Å². The van der Waals surface area contributed by atoms with Gasteiger partial charge in [-0.1, -0.05) is 0 Å². The molecular formula is C10H13BBrClN2O2. The average Bonchev–Trinajstić information content (AvgIpc) is 2.40. The van der Waals surface area contributed by atoms with Crippen LogP contribution in [-0.4, -0.2) is 28.3 Å². The highest BCUT2D eigenvalue weighted by Crippen LogP contribution is 2.36. The second kappa shape index (κ2) is 4.19. The first kappa shape index (κ1) is 13.3. The van der Waals surface area contributed by atoms with Gasteiger partial charge in [0.15, 0.2) is 0 Å². The molecule has 7 heteroatoms. The quantitative estimate of drug-likeness (QED) is 0.588. The van der Waals surface area contributed by atoms with Crippen molar-refractivity contribution in [1.82, 2.24) is 9.97 Å². The fourth-order valence-electron chi connectivity index (χ4n) is 1.48. The summed E-state index contributed by atoms with van der Waals surface area (Å²) in [7, 11) is -0.533. The molecule has 17 heavy (non-hydrogen) atoms. The minimum atomic E-state index is -0.533. The minimum Gasteiger partial charge on any atom is -0.398 e. The van der Waals surface area contributed by atoms with Crippen molar-refractivity contribution in [2.75, 3.05) is 0 Å². The lowest BCUT2D eigenvalue weighted by atomic mass is 9.85. The van der Waals surface area contributed by atoms with Gasteiger partial charge in [-0.2, -0.15) is 0 Å². The van der Waals surface area contributed by atoms with Gasteiger partial charge in [-0.05, 0) is 55.2 Å². The van der Waals surface area contributed by atoms with Gasteiger partial charge in [-0.3, -0.25) is 0 Å². The fraction of sp³-hybridized carbons (Fsp3) is 0.600. The highest BCUT2D eigenvalue weighted by molar-refractivity contribution is 9.10. The maximum Gasteiger partial charge on any atom is 0.515 e. The van der Waals surface area contributed by atoms with Crippen molar-refractivity contribution >= 4 is 40.2 Å². The summed E-state index contributed by atoms with van der Waals surface area (Å²) in [5.74, 6) is 0. The molecule has 1 saturated heterocycles. The van der Waals surface area contributed by atoms with Crippen LogP contribution in [0.5, 0.6) is 0 Å². The molecule has 2 heterocycles. The van der Waals surface area contributed by atoms with Crippen molar-refractivity contribution in [2.24, 2.45) is 0 Å². The molecule has 1 fully saturated rings. The predicted molar refractivity (Wildman–Crippen MR) is 70.5 cm³/mol. The zero-order valence-corrected chi connectivity index (χ0v) is 12.5. The molecule has 1 aliphatic rings. The van der Waals surface area contributed by atoms with Crippen molar-refractivity contribution in [3.63, 3.8) is 0 Å². The molecule has 0 atom stereocenters. The summed E-state index contributed by atoms with van der Waals surface area (Å²) < 4.78 is 12.5. The number of hydrogen-bond acceptors (Lipinski definition) is 4. The van der Waals surface area contributed by atoms with Crippen LogP contribution >= 0.6 is 27.5 Å². The molecule has 0 N–H and O–H groups in total. The van der Waals surface area contributed by atoms with Crippen LogP contribution < -0.4 is 5.59 Å². The van der Waals surface area contributed by atoms with Crippen LogP contribution in [0.4, 0.5) is 0 Å². The minimum absolute atomic E-state index is 0.179. The van der Waals surface area contributed by atoms with Gasteiger partial charge in [0.1, 0.15) is 0 Å². The van der Waals surface area contributed by atoms with E-state index in [0.29, 0.717) is 5.59 Å². The Kier molecular flexibility index (Phi) is 3.27. The largest absolute Gasteiger partial charge is 0.515 e. The van der Waals surface area contributed by atoms with Gasteiger partial charge >= 0.3 is 7.12 Å². The molecular weight excluding hydrogens is 306 g/mol. The monoisotopic (exact) mass is 318 g/mol. The van der Waals surface area contributed by atoms with E-state index in [0.717, 1.165) is 4.47 Å². The lowest BCUT2D eigenvalue weighted by Crippen LogP contribution is -2.41. The number of hydrogen-bond donors (Lipinski definition) is 0. The Bertz CT molecular complexity index is 440. The Morgan fingerprint density at radius 1 is 1.24 bits per heavy atom. The highest BCUT2D eigenvalue weighted by atomic mass is 79.9. The van der Waals surface area contributed by atoms with Crippen LogP contribution in [-0.2, 0) is 9.31 Å². The average molecular weight is 319 g/mol. The third-order valence-corrected chi connectivity index (χ3v) is 4.01. The van der Waals surface area contributed by atoms with E-state index in [-0.39, 0.29) is 5.28 Å². The molecule has 0 amide bonds. The van der Waals surface area contributed by atoms with E-state index < -0.39 is 18.3 Å². The van der Waals surface area contributed by atoms with E-state index in [1.165, 1.54) is 0 Å². The Labute approximate surface area is 114 Å². The standard InChI is InChI=1S/C10H13BBrClN2O2/c1-9(2)10(3,4)17-11(16-9)7-6(12)5-14-8(13)15-7/h5H,1-4H3. The van der Waals surface area contributed by atoms with Gasteiger partial charge < -0.3 is 9.31 Å². The summed E-state index contributed by atoms with van der Waals surface area (Å²) in [6.45, 7) is 7.96. The second-order valence-electron chi connectivity index (χ2n) is 4.96. The van der Waals surface area contributed by atoms with E-state index in [2.05, 4.69) is 25.9 Å². The molecule has 0 aliphatic carbocycles. The van der Waals surface area contributed by atoms with Crippen LogP contribution in [0.15, 0.2) is 10.7 Å². The van der Waals surface area contributed by atoms with Gasteiger partial charge in [-0.15, -0.1) is 0 Å².